The number of aromatic nitrogens is 6. The van der Waals surface area contributed by atoms with E-state index >= 15 is 0 Å². The molecule has 1 saturated heterocycles. The molecule has 0 aliphatic carbocycles. The van der Waals surface area contributed by atoms with Gasteiger partial charge in [0.1, 0.15) is 12.2 Å². The summed E-state index contributed by atoms with van der Waals surface area (Å²) in [6.07, 6.45) is 1.43. The van der Waals surface area contributed by atoms with Crippen LogP contribution < -0.4 is 5.32 Å². The molecule has 202 valence electrons. The van der Waals surface area contributed by atoms with Gasteiger partial charge in [0.2, 0.25) is 17.8 Å². The van der Waals surface area contributed by atoms with Crippen LogP contribution in [0, 0.1) is 5.95 Å². The van der Waals surface area contributed by atoms with Gasteiger partial charge in [-0.2, -0.15) is 9.49 Å². The predicted octanol–water partition coefficient (Wildman–Crippen LogP) is 3.24. The number of aromatic amines is 2. The molecule has 2 amide bonds. The molecule has 3 atom stereocenters. The standard InChI is InChI=1S/C27H28F2N8O2/c1-15(2)20-6-7-22(32-26(20)29)25(17-5-3-4-16(10-17)21-8-9-30-35-21)33-27(39)23-11-18(28)14-37(23)24(38)12-19-13-31-36-34-19/h3-10,13,15,18,23,25H,11-12,14H2,1-2H3,(H,30,35)(H,33,39)(H,31,34,36)/t18-,23+,25?/m1/s1. The van der Waals surface area contributed by atoms with E-state index in [0.717, 1.165) is 11.3 Å². The number of halogens is 2. The van der Waals surface area contributed by atoms with E-state index in [-0.39, 0.29) is 31.0 Å². The number of carbonyl (C=O) groups excluding carboxylic acids is 2. The lowest BCUT2D eigenvalue weighted by atomic mass is 9.97. The minimum Gasteiger partial charge on any atom is -0.342 e. The number of H-pyrrole nitrogens is 2. The number of pyridine rings is 1. The maximum Gasteiger partial charge on any atom is 0.243 e. The van der Waals surface area contributed by atoms with E-state index in [4.69, 9.17) is 0 Å². The van der Waals surface area contributed by atoms with Crippen LogP contribution in [0.2, 0.25) is 0 Å². The van der Waals surface area contributed by atoms with Gasteiger partial charge in [-0.25, -0.2) is 9.37 Å². The molecule has 0 spiro atoms. The van der Waals surface area contributed by atoms with E-state index in [9.17, 15) is 18.4 Å². The predicted molar refractivity (Wildman–Crippen MR) is 137 cm³/mol. The molecule has 0 bridgehead atoms. The van der Waals surface area contributed by atoms with Crippen LogP contribution in [0.25, 0.3) is 11.3 Å². The minimum absolute atomic E-state index is 0.0760. The Morgan fingerprint density at radius 3 is 2.72 bits per heavy atom. The zero-order chi connectivity index (χ0) is 27.5. The smallest absolute Gasteiger partial charge is 0.243 e. The molecule has 0 radical (unpaired) electrons. The first kappa shape index (κ1) is 26.1. The highest BCUT2D eigenvalue weighted by molar-refractivity contribution is 5.89. The number of likely N-dealkylation sites (tertiary alicyclic amines) is 1. The third-order valence-corrected chi connectivity index (χ3v) is 6.81. The molecule has 1 aromatic carbocycles. The van der Waals surface area contributed by atoms with Crippen molar-refractivity contribution >= 4 is 11.8 Å². The maximum absolute atomic E-state index is 15.0. The van der Waals surface area contributed by atoms with Gasteiger partial charge in [0.05, 0.1) is 42.3 Å². The molecule has 12 heteroatoms. The summed E-state index contributed by atoms with van der Waals surface area (Å²) < 4.78 is 29.5. The van der Waals surface area contributed by atoms with Gasteiger partial charge >= 0.3 is 0 Å². The summed E-state index contributed by atoms with van der Waals surface area (Å²) >= 11 is 0. The van der Waals surface area contributed by atoms with E-state index in [1.165, 1.54) is 11.1 Å². The average Bonchev–Trinajstić information content (AvgIpc) is 3.69. The second kappa shape index (κ2) is 11.1. The third kappa shape index (κ3) is 5.69. The van der Waals surface area contributed by atoms with Crippen molar-refractivity contribution < 1.29 is 18.4 Å². The number of hydrogen-bond donors (Lipinski definition) is 3. The molecule has 3 aromatic heterocycles. The van der Waals surface area contributed by atoms with Crippen molar-refractivity contribution in [1.82, 2.24) is 40.8 Å². The first-order valence-electron chi connectivity index (χ1n) is 12.6. The number of nitrogens with zero attached hydrogens (tertiary/aromatic N) is 5. The zero-order valence-corrected chi connectivity index (χ0v) is 21.4. The van der Waals surface area contributed by atoms with Crippen LogP contribution in [0.3, 0.4) is 0 Å². The summed E-state index contributed by atoms with van der Waals surface area (Å²) in [6, 6.07) is 10.6. The van der Waals surface area contributed by atoms with Crippen molar-refractivity contribution in [2.24, 2.45) is 0 Å². The van der Waals surface area contributed by atoms with E-state index in [1.807, 2.05) is 32.0 Å². The fraction of sp³-hybridized carbons (Fsp3) is 0.333. The summed E-state index contributed by atoms with van der Waals surface area (Å²) in [5.74, 6) is -1.68. The van der Waals surface area contributed by atoms with Crippen LogP contribution in [0.15, 0.2) is 54.9 Å². The van der Waals surface area contributed by atoms with Crippen molar-refractivity contribution in [3.05, 3.63) is 83.3 Å². The topological polar surface area (TPSA) is 133 Å². The molecule has 0 saturated carbocycles. The highest BCUT2D eigenvalue weighted by atomic mass is 19.1. The molecule has 4 heterocycles. The van der Waals surface area contributed by atoms with Crippen LogP contribution >= 0.6 is 0 Å². The Labute approximate surface area is 223 Å². The first-order valence-corrected chi connectivity index (χ1v) is 12.6. The summed E-state index contributed by atoms with van der Waals surface area (Å²) in [6.45, 7) is 3.53. The number of benzene rings is 1. The van der Waals surface area contributed by atoms with Gasteiger partial charge in [0, 0.05) is 18.2 Å². The van der Waals surface area contributed by atoms with Gasteiger partial charge in [0.15, 0.2) is 0 Å². The SMILES string of the molecule is CC(C)c1ccc(C(NC(=O)[C@@H]2C[C@@H](F)CN2C(=O)Cc2cnn[nH]2)c2cccc(-c3ccn[nH]3)c2)nc1F. The summed E-state index contributed by atoms with van der Waals surface area (Å²) in [7, 11) is 0. The lowest BCUT2D eigenvalue weighted by Crippen LogP contribution is -2.47. The summed E-state index contributed by atoms with van der Waals surface area (Å²) in [5, 5.41) is 19.7. The van der Waals surface area contributed by atoms with Gasteiger partial charge in [-0.1, -0.05) is 43.3 Å². The number of amides is 2. The largest absolute Gasteiger partial charge is 0.342 e. The number of nitrogens with one attached hydrogen (secondary N) is 3. The minimum atomic E-state index is -1.35. The Balaban J connectivity index is 1.46. The molecule has 4 aromatic rings. The van der Waals surface area contributed by atoms with Crippen molar-refractivity contribution in [3.63, 3.8) is 0 Å². The van der Waals surface area contributed by atoms with Gasteiger partial charge in [-0.3, -0.25) is 19.8 Å². The Bertz CT molecular complexity index is 1440. The van der Waals surface area contributed by atoms with Gasteiger partial charge in [-0.05, 0) is 35.2 Å². The number of alkyl halides is 1. The number of carbonyl (C=O) groups is 2. The number of hydrogen-bond acceptors (Lipinski definition) is 6. The normalized spacial score (nSPS) is 17.9. The molecule has 5 rings (SSSR count). The van der Waals surface area contributed by atoms with Crippen molar-refractivity contribution in [3.8, 4) is 11.3 Å². The quantitative estimate of drug-likeness (QED) is 0.297. The third-order valence-electron chi connectivity index (χ3n) is 6.81. The van der Waals surface area contributed by atoms with Crippen LogP contribution in [0.5, 0.6) is 0 Å². The number of rotatable bonds is 8. The molecule has 1 fully saturated rings. The van der Waals surface area contributed by atoms with Crippen LogP contribution in [0.1, 0.15) is 54.7 Å². The molecule has 10 nitrogen and oxygen atoms in total. The van der Waals surface area contributed by atoms with Gasteiger partial charge < -0.3 is 10.2 Å². The van der Waals surface area contributed by atoms with Gasteiger partial charge in [-0.15, -0.1) is 5.10 Å². The highest BCUT2D eigenvalue weighted by Crippen LogP contribution is 2.29. The van der Waals surface area contributed by atoms with Crippen molar-refractivity contribution in [2.45, 2.75) is 50.9 Å². The summed E-state index contributed by atoms with van der Waals surface area (Å²) in [5.41, 5.74) is 3.39. The Morgan fingerprint density at radius 2 is 2.03 bits per heavy atom. The van der Waals surface area contributed by atoms with E-state index < -0.39 is 36.0 Å². The van der Waals surface area contributed by atoms with Gasteiger partial charge in [0.25, 0.3) is 0 Å². The molecular formula is C27H28F2N8O2. The fourth-order valence-corrected chi connectivity index (χ4v) is 4.80. The lowest BCUT2D eigenvalue weighted by molar-refractivity contribution is -0.138. The van der Waals surface area contributed by atoms with Crippen LogP contribution in [-0.2, 0) is 16.0 Å². The maximum atomic E-state index is 15.0. The van der Waals surface area contributed by atoms with Crippen molar-refractivity contribution in [1.29, 1.82) is 0 Å². The molecular weight excluding hydrogens is 506 g/mol. The highest BCUT2D eigenvalue weighted by Gasteiger charge is 2.40. The van der Waals surface area contributed by atoms with Crippen LogP contribution in [0.4, 0.5) is 8.78 Å². The molecule has 3 N–H and O–H groups in total. The zero-order valence-electron chi connectivity index (χ0n) is 21.4. The Kier molecular flexibility index (Phi) is 7.44. The second-order valence-electron chi connectivity index (χ2n) is 9.86. The molecule has 39 heavy (non-hydrogen) atoms. The monoisotopic (exact) mass is 534 g/mol. The van der Waals surface area contributed by atoms with E-state index in [2.05, 4.69) is 35.9 Å². The average molecular weight is 535 g/mol. The van der Waals surface area contributed by atoms with Crippen molar-refractivity contribution in [2.75, 3.05) is 6.54 Å². The van der Waals surface area contributed by atoms with E-state index in [1.54, 1.807) is 30.5 Å². The Morgan fingerprint density at radius 1 is 1.18 bits per heavy atom. The first-order chi connectivity index (χ1) is 18.8. The Hall–Kier alpha value is -4.48. The molecule has 1 aliphatic rings. The van der Waals surface area contributed by atoms with Crippen LogP contribution in [-0.4, -0.2) is 66.1 Å². The van der Waals surface area contributed by atoms with E-state index in [0.29, 0.717) is 16.8 Å². The second-order valence-corrected chi connectivity index (χ2v) is 9.86. The molecule has 1 aliphatic heterocycles. The lowest BCUT2D eigenvalue weighted by Gasteiger charge is -2.27. The summed E-state index contributed by atoms with van der Waals surface area (Å²) in [4.78, 5) is 32.0. The fourth-order valence-electron chi connectivity index (χ4n) is 4.80. The molecule has 1 unspecified atom stereocenters.